The summed E-state index contributed by atoms with van der Waals surface area (Å²) in [5.41, 5.74) is 2.36. The van der Waals surface area contributed by atoms with Crippen LogP contribution in [0, 0.1) is 0 Å². The number of hydrogen-bond donors (Lipinski definition) is 1. The van der Waals surface area contributed by atoms with Gasteiger partial charge >= 0.3 is 0 Å². The third-order valence-electron chi connectivity index (χ3n) is 2.16. The largest absolute Gasteiger partial charge is 0.323 e. The molecule has 0 bridgehead atoms. The Bertz CT molecular complexity index is 449. The zero-order valence-corrected chi connectivity index (χ0v) is 10.4. The first-order chi connectivity index (χ1) is 8.33. The Morgan fingerprint density at radius 2 is 1.59 bits per heavy atom. The second-order valence-electron chi connectivity index (χ2n) is 3.54. The van der Waals surface area contributed by atoms with Gasteiger partial charge in [-0.15, -0.1) is 0 Å². The Morgan fingerprint density at radius 3 is 2.18 bits per heavy atom. The van der Waals surface area contributed by atoms with Gasteiger partial charge in [-0.2, -0.15) is 4.57 Å². The second-order valence-corrected chi connectivity index (χ2v) is 3.54. The van der Waals surface area contributed by atoms with E-state index >= 15 is 0 Å². The Balaban J connectivity index is 0.000000437. The summed E-state index contributed by atoms with van der Waals surface area (Å²) in [6.07, 6.45) is 3.80. The Morgan fingerprint density at radius 1 is 1.00 bits per heavy atom. The summed E-state index contributed by atoms with van der Waals surface area (Å²) >= 11 is 0. The summed E-state index contributed by atoms with van der Waals surface area (Å²) < 4.78 is 2.01. The highest BCUT2D eigenvalue weighted by Gasteiger charge is 2.07. The molecule has 0 spiro atoms. The molecule has 1 heterocycles. The van der Waals surface area contributed by atoms with E-state index in [4.69, 9.17) is 0 Å². The highest BCUT2D eigenvalue weighted by Crippen LogP contribution is 2.13. The molecule has 0 saturated heterocycles. The maximum absolute atomic E-state index is 3.78. The quantitative estimate of drug-likeness (QED) is 0.780. The number of rotatable bonds is 2. The third kappa shape index (κ3) is 3.85. The molecule has 0 saturated carbocycles. The fourth-order valence-corrected chi connectivity index (χ4v) is 1.47. The molecule has 0 atom stereocenters. The maximum atomic E-state index is 3.78. The van der Waals surface area contributed by atoms with E-state index in [-0.39, 0.29) is 0 Å². The lowest BCUT2D eigenvalue weighted by molar-refractivity contribution is -0.555. The van der Waals surface area contributed by atoms with Crippen LogP contribution in [0.25, 0.3) is 17.5 Å². The molecule has 0 aliphatic heterocycles. The van der Waals surface area contributed by atoms with Crippen molar-refractivity contribution in [1.29, 1.82) is 0 Å². The first-order valence-electron chi connectivity index (χ1n) is 5.60. The van der Waals surface area contributed by atoms with Crippen LogP contribution in [0.1, 0.15) is 0 Å². The van der Waals surface area contributed by atoms with Crippen molar-refractivity contribution in [1.82, 2.24) is 5.32 Å². The standard InChI is InChI=1S/C13H12N.C2H7N/c1-2-14-11-7-6-10-13(14)12-8-4-3-5-9-12;1-3-2/h2-11H,1H2;3H,1-2H3/q+1;. The van der Waals surface area contributed by atoms with Crippen molar-refractivity contribution in [3.05, 3.63) is 61.3 Å². The lowest BCUT2D eigenvalue weighted by Crippen LogP contribution is -2.27. The molecular weight excluding hydrogens is 208 g/mol. The van der Waals surface area contributed by atoms with E-state index in [1.165, 1.54) is 5.56 Å². The third-order valence-corrected chi connectivity index (χ3v) is 2.16. The molecule has 88 valence electrons. The maximum Gasteiger partial charge on any atom is 0.217 e. The predicted molar refractivity (Wildman–Crippen MR) is 73.4 cm³/mol. The molecule has 2 heteroatoms. The van der Waals surface area contributed by atoms with Gasteiger partial charge in [0.2, 0.25) is 5.69 Å². The molecule has 1 N–H and O–H groups in total. The Labute approximate surface area is 103 Å². The lowest BCUT2D eigenvalue weighted by Gasteiger charge is -1.98. The normalized spacial score (nSPS) is 9.06. The minimum Gasteiger partial charge on any atom is -0.323 e. The van der Waals surface area contributed by atoms with Crippen LogP contribution >= 0.6 is 0 Å². The van der Waals surface area contributed by atoms with E-state index in [0.717, 1.165) is 5.69 Å². The predicted octanol–water partition coefficient (Wildman–Crippen LogP) is 2.58. The van der Waals surface area contributed by atoms with Gasteiger partial charge in [0.1, 0.15) is 0 Å². The van der Waals surface area contributed by atoms with E-state index in [9.17, 15) is 0 Å². The average Bonchev–Trinajstić information content (AvgIpc) is 2.40. The highest BCUT2D eigenvalue weighted by atomic mass is 14.9. The number of aromatic nitrogens is 1. The fourth-order valence-electron chi connectivity index (χ4n) is 1.47. The van der Waals surface area contributed by atoms with Crippen LogP contribution < -0.4 is 9.88 Å². The van der Waals surface area contributed by atoms with Gasteiger partial charge in [0.25, 0.3) is 0 Å². The first-order valence-corrected chi connectivity index (χ1v) is 5.60. The van der Waals surface area contributed by atoms with Gasteiger partial charge in [0, 0.05) is 17.7 Å². The van der Waals surface area contributed by atoms with Crippen LogP contribution in [-0.2, 0) is 0 Å². The van der Waals surface area contributed by atoms with Crippen molar-refractivity contribution in [3.8, 4) is 11.3 Å². The molecule has 1 aromatic carbocycles. The Kier molecular flexibility index (Phi) is 5.69. The summed E-state index contributed by atoms with van der Waals surface area (Å²) in [7, 11) is 3.75. The van der Waals surface area contributed by atoms with Gasteiger partial charge in [-0.25, -0.2) is 0 Å². The van der Waals surface area contributed by atoms with Crippen molar-refractivity contribution in [2.24, 2.45) is 0 Å². The highest BCUT2D eigenvalue weighted by molar-refractivity contribution is 5.56. The summed E-state index contributed by atoms with van der Waals surface area (Å²) in [4.78, 5) is 0. The number of nitrogens with one attached hydrogen (secondary N) is 1. The molecule has 0 radical (unpaired) electrons. The number of hydrogen-bond acceptors (Lipinski definition) is 1. The molecule has 2 nitrogen and oxygen atoms in total. The fraction of sp³-hybridized carbons (Fsp3) is 0.133. The topological polar surface area (TPSA) is 15.9 Å². The van der Waals surface area contributed by atoms with Gasteiger partial charge in [0.15, 0.2) is 12.4 Å². The Hall–Kier alpha value is -1.93. The van der Waals surface area contributed by atoms with E-state index in [0.29, 0.717) is 0 Å². The van der Waals surface area contributed by atoms with Gasteiger partial charge in [-0.05, 0) is 38.9 Å². The second kappa shape index (κ2) is 7.36. The van der Waals surface area contributed by atoms with Crippen LogP contribution in [0.4, 0.5) is 0 Å². The molecule has 17 heavy (non-hydrogen) atoms. The van der Waals surface area contributed by atoms with Crippen molar-refractivity contribution >= 4 is 6.20 Å². The molecule has 0 unspecified atom stereocenters. The number of nitrogens with zero attached hydrogens (tertiary/aromatic N) is 1. The van der Waals surface area contributed by atoms with Gasteiger partial charge in [-0.1, -0.05) is 18.2 Å². The summed E-state index contributed by atoms with van der Waals surface area (Å²) in [6, 6.07) is 16.4. The minimum absolute atomic E-state index is 1.16. The minimum atomic E-state index is 1.16. The molecular formula is C15H19N2+. The molecule has 0 aliphatic carbocycles. The van der Waals surface area contributed by atoms with Crippen LogP contribution in [0.2, 0.25) is 0 Å². The smallest absolute Gasteiger partial charge is 0.217 e. The molecule has 0 fully saturated rings. The summed E-state index contributed by atoms with van der Waals surface area (Å²) in [6.45, 7) is 3.78. The number of benzene rings is 1. The molecule has 2 aromatic rings. The molecule has 1 aromatic heterocycles. The molecule has 0 aliphatic rings. The van der Waals surface area contributed by atoms with E-state index in [1.54, 1.807) is 0 Å². The van der Waals surface area contributed by atoms with Crippen molar-refractivity contribution < 1.29 is 4.57 Å². The SMILES string of the molecule is C=C[n+]1ccccc1-c1ccccc1.CNC. The van der Waals surface area contributed by atoms with E-state index < -0.39 is 0 Å². The van der Waals surface area contributed by atoms with E-state index in [1.807, 2.05) is 61.4 Å². The van der Waals surface area contributed by atoms with Crippen LogP contribution in [0.5, 0.6) is 0 Å². The van der Waals surface area contributed by atoms with Crippen molar-refractivity contribution in [3.63, 3.8) is 0 Å². The van der Waals surface area contributed by atoms with E-state index in [2.05, 4.69) is 30.1 Å². The zero-order chi connectivity index (χ0) is 12.5. The monoisotopic (exact) mass is 227 g/mol. The summed E-state index contributed by atoms with van der Waals surface area (Å²) in [5.74, 6) is 0. The van der Waals surface area contributed by atoms with Crippen molar-refractivity contribution in [2.75, 3.05) is 14.1 Å². The van der Waals surface area contributed by atoms with Crippen LogP contribution in [0.15, 0.2) is 61.3 Å². The van der Waals surface area contributed by atoms with Crippen LogP contribution in [0.3, 0.4) is 0 Å². The zero-order valence-electron chi connectivity index (χ0n) is 10.4. The molecule has 0 amide bonds. The van der Waals surface area contributed by atoms with Gasteiger partial charge in [0.05, 0.1) is 0 Å². The van der Waals surface area contributed by atoms with Gasteiger partial charge < -0.3 is 5.32 Å². The molecule has 2 rings (SSSR count). The number of pyridine rings is 1. The average molecular weight is 227 g/mol. The van der Waals surface area contributed by atoms with Crippen molar-refractivity contribution in [2.45, 2.75) is 0 Å². The lowest BCUT2D eigenvalue weighted by atomic mass is 10.1. The summed E-state index contributed by atoms with van der Waals surface area (Å²) in [5, 5.41) is 2.75. The first kappa shape index (κ1) is 13.1. The van der Waals surface area contributed by atoms with Gasteiger partial charge in [-0.3, -0.25) is 0 Å². The van der Waals surface area contributed by atoms with Crippen LogP contribution in [-0.4, -0.2) is 14.1 Å².